The Hall–Kier alpha value is -5.17. The highest BCUT2D eigenvalue weighted by atomic mass is 19.1. The van der Waals surface area contributed by atoms with Crippen molar-refractivity contribution in [1.82, 2.24) is 0 Å². The van der Waals surface area contributed by atoms with E-state index in [1.807, 2.05) is 57.2 Å². The third-order valence-corrected chi connectivity index (χ3v) is 7.06. The van der Waals surface area contributed by atoms with Gasteiger partial charge in [0.15, 0.2) is 5.78 Å². The number of ether oxygens (including phenoxy) is 2. The molecule has 2 N–H and O–H groups in total. The van der Waals surface area contributed by atoms with Crippen LogP contribution in [0.1, 0.15) is 58.8 Å². The zero-order valence-corrected chi connectivity index (χ0v) is 25.8. The number of carbonyl (C=O) groups excluding carboxylic acids is 2. The first-order valence-corrected chi connectivity index (χ1v) is 14.9. The van der Waals surface area contributed by atoms with Crippen LogP contribution < -0.4 is 10.1 Å². The van der Waals surface area contributed by atoms with Gasteiger partial charge < -0.3 is 19.9 Å². The molecule has 0 aromatic heterocycles. The van der Waals surface area contributed by atoms with E-state index in [1.165, 1.54) is 18.2 Å². The largest absolute Gasteiger partial charge is 0.506 e. The predicted octanol–water partition coefficient (Wildman–Crippen LogP) is 8.77. The summed E-state index contributed by atoms with van der Waals surface area (Å²) >= 11 is 0. The number of allylic oxidation sites excluding steroid dienone is 2. The number of nitrogens with one attached hydrogen (secondary N) is 1. The number of halogens is 1. The van der Waals surface area contributed by atoms with Crippen molar-refractivity contribution in [2.24, 2.45) is 0 Å². The third kappa shape index (κ3) is 9.93. The minimum atomic E-state index is -0.363. The van der Waals surface area contributed by atoms with E-state index in [1.54, 1.807) is 48.5 Å². The first-order valence-electron chi connectivity index (χ1n) is 14.9. The zero-order valence-electron chi connectivity index (χ0n) is 25.8. The molecule has 232 valence electrons. The molecular formula is C38H38FNO5. The molecule has 4 aromatic carbocycles. The van der Waals surface area contributed by atoms with Crippen LogP contribution in [0.5, 0.6) is 11.5 Å². The van der Waals surface area contributed by atoms with Crippen molar-refractivity contribution >= 4 is 17.4 Å². The van der Waals surface area contributed by atoms with E-state index in [4.69, 9.17) is 9.47 Å². The number of aromatic hydroxyl groups is 1. The maximum Gasteiger partial charge on any atom is 0.228 e. The van der Waals surface area contributed by atoms with Crippen LogP contribution in [0.2, 0.25) is 0 Å². The number of hydrogen-bond acceptors (Lipinski definition) is 5. The summed E-state index contributed by atoms with van der Waals surface area (Å²) in [4.78, 5) is 26.4. The molecule has 1 amide bonds. The van der Waals surface area contributed by atoms with Gasteiger partial charge in [-0.2, -0.15) is 0 Å². The maximum atomic E-state index is 13.6. The van der Waals surface area contributed by atoms with E-state index < -0.39 is 0 Å². The fraction of sp³-hybridized carbons (Fsp3) is 0.211. The molecule has 7 heteroatoms. The molecule has 0 aliphatic rings. The van der Waals surface area contributed by atoms with Crippen molar-refractivity contribution in [3.8, 4) is 11.5 Å². The quantitative estimate of drug-likeness (QED) is 0.0492. The second-order valence-electron chi connectivity index (χ2n) is 10.8. The lowest BCUT2D eigenvalue weighted by atomic mass is 10.0. The van der Waals surface area contributed by atoms with Crippen LogP contribution in [0.4, 0.5) is 10.1 Å². The summed E-state index contributed by atoms with van der Waals surface area (Å²) in [6.45, 7) is 6.26. The van der Waals surface area contributed by atoms with Crippen molar-refractivity contribution in [3.05, 3.63) is 148 Å². The number of anilines is 1. The summed E-state index contributed by atoms with van der Waals surface area (Å²) in [5, 5.41) is 12.9. The Kier molecular flexibility index (Phi) is 11.7. The first kappa shape index (κ1) is 32.7. The van der Waals surface area contributed by atoms with Crippen molar-refractivity contribution in [2.75, 3.05) is 5.32 Å². The van der Waals surface area contributed by atoms with Gasteiger partial charge in [0.1, 0.15) is 36.3 Å². The average molecular weight is 608 g/mol. The maximum absolute atomic E-state index is 13.6. The standard InChI is InChI=1S/C38H38FNO5/c1-4-8-31(22-34(41)30-15-12-27(3)37(23-30)45-24-28-9-6-5-7-10-28)36(44-25-29-13-16-32(39)17-14-29)19-20-38(43)40-33-18-11-26(2)21-35(33)42/h5-7,9-19,21-23,42H,4,8,20,24-25H2,1-3H3,(H,40,43)/b31-22+,36-19?. The molecule has 0 saturated carbocycles. The Bertz CT molecular complexity index is 1680. The number of hydrogen-bond donors (Lipinski definition) is 2. The molecular weight excluding hydrogens is 569 g/mol. The second kappa shape index (κ2) is 16.1. The van der Waals surface area contributed by atoms with Gasteiger partial charge in [0.2, 0.25) is 5.91 Å². The van der Waals surface area contributed by atoms with E-state index >= 15 is 0 Å². The molecule has 0 radical (unpaired) electrons. The summed E-state index contributed by atoms with van der Waals surface area (Å²) in [6, 6.07) is 26.1. The van der Waals surface area contributed by atoms with Crippen LogP contribution in [0, 0.1) is 19.7 Å². The highest BCUT2D eigenvalue weighted by Gasteiger charge is 2.14. The van der Waals surface area contributed by atoms with Gasteiger partial charge in [-0.25, -0.2) is 4.39 Å². The molecule has 0 aliphatic carbocycles. The van der Waals surface area contributed by atoms with Crippen LogP contribution in [-0.4, -0.2) is 16.8 Å². The summed E-state index contributed by atoms with van der Waals surface area (Å²) in [5.41, 5.74) is 4.92. The predicted molar refractivity (Wildman–Crippen MR) is 175 cm³/mol. The van der Waals surface area contributed by atoms with Crippen LogP contribution >= 0.6 is 0 Å². The van der Waals surface area contributed by atoms with Crippen LogP contribution in [-0.2, 0) is 22.7 Å². The van der Waals surface area contributed by atoms with Gasteiger partial charge in [-0.15, -0.1) is 0 Å². The number of phenols is 1. The molecule has 0 unspecified atom stereocenters. The third-order valence-electron chi connectivity index (χ3n) is 7.06. The van der Waals surface area contributed by atoms with Crippen molar-refractivity contribution < 1.29 is 28.6 Å². The molecule has 6 nitrogen and oxygen atoms in total. The Morgan fingerprint density at radius 1 is 0.889 bits per heavy atom. The number of amides is 1. The minimum absolute atomic E-state index is 0.0255. The fourth-order valence-electron chi connectivity index (χ4n) is 4.58. The molecule has 4 aromatic rings. The summed E-state index contributed by atoms with van der Waals surface area (Å²) < 4.78 is 25.7. The highest BCUT2D eigenvalue weighted by Crippen LogP contribution is 2.26. The molecule has 4 rings (SSSR count). The Labute approximate surface area is 263 Å². The molecule has 0 heterocycles. The topological polar surface area (TPSA) is 84.9 Å². The van der Waals surface area contributed by atoms with Gasteiger partial charge in [0, 0.05) is 12.0 Å². The van der Waals surface area contributed by atoms with Crippen molar-refractivity contribution in [3.63, 3.8) is 0 Å². The Balaban J connectivity index is 1.57. The van der Waals surface area contributed by atoms with E-state index in [9.17, 15) is 19.1 Å². The molecule has 0 spiro atoms. The summed E-state index contributed by atoms with van der Waals surface area (Å²) in [6.07, 6.45) is 4.34. The summed E-state index contributed by atoms with van der Waals surface area (Å²) in [5.74, 6) is 0.0293. The number of ketones is 1. The van der Waals surface area contributed by atoms with Gasteiger partial charge in [-0.05, 0) is 90.6 Å². The SMILES string of the molecule is CCC/C(=C\C(=O)c1ccc(C)c(OCc2ccccc2)c1)C(=CCC(=O)Nc1ccc(C)cc1O)OCc1ccc(F)cc1. The molecule has 0 fully saturated rings. The van der Waals surface area contributed by atoms with Crippen molar-refractivity contribution in [2.45, 2.75) is 53.2 Å². The molecule has 0 aliphatic heterocycles. The molecule has 0 saturated heterocycles. The lowest BCUT2D eigenvalue weighted by molar-refractivity contribution is -0.115. The second-order valence-corrected chi connectivity index (χ2v) is 10.8. The molecule has 0 bridgehead atoms. The van der Waals surface area contributed by atoms with Crippen LogP contribution in [0.15, 0.2) is 114 Å². The number of benzene rings is 4. The zero-order chi connectivity index (χ0) is 32.2. The van der Waals surface area contributed by atoms with Gasteiger partial charge in [-0.3, -0.25) is 9.59 Å². The average Bonchev–Trinajstić information content (AvgIpc) is 3.03. The van der Waals surface area contributed by atoms with Gasteiger partial charge in [-0.1, -0.05) is 74.0 Å². The smallest absolute Gasteiger partial charge is 0.228 e. The van der Waals surface area contributed by atoms with E-state index in [0.29, 0.717) is 41.4 Å². The van der Waals surface area contributed by atoms with E-state index in [-0.39, 0.29) is 36.3 Å². The normalized spacial score (nSPS) is 11.6. The van der Waals surface area contributed by atoms with E-state index in [0.717, 1.165) is 28.7 Å². The number of phenolic OH excluding ortho intramolecular Hbond substituents is 1. The lowest BCUT2D eigenvalue weighted by Gasteiger charge is -2.15. The van der Waals surface area contributed by atoms with Crippen LogP contribution in [0.25, 0.3) is 0 Å². The van der Waals surface area contributed by atoms with Gasteiger partial charge in [0.05, 0.1) is 5.69 Å². The molecule has 45 heavy (non-hydrogen) atoms. The minimum Gasteiger partial charge on any atom is -0.506 e. The van der Waals surface area contributed by atoms with Crippen LogP contribution in [0.3, 0.4) is 0 Å². The molecule has 0 atom stereocenters. The fourth-order valence-corrected chi connectivity index (χ4v) is 4.58. The number of aryl methyl sites for hydroxylation is 2. The Morgan fingerprint density at radius 2 is 1.62 bits per heavy atom. The first-order chi connectivity index (χ1) is 21.7. The highest BCUT2D eigenvalue weighted by molar-refractivity contribution is 6.05. The Morgan fingerprint density at radius 3 is 2.33 bits per heavy atom. The monoisotopic (exact) mass is 607 g/mol. The van der Waals surface area contributed by atoms with Gasteiger partial charge >= 0.3 is 0 Å². The van der Waals surface area contributed by atoms with E-state index in [2.05, 4.69) is 5.32 Å². The number of rotatable bonds is 14. The van der Waals surface area contributed by atoms with Crippen molar-refractivity contribution in [1.29, 1.82) is 0 Å². The number of carbonyl (C=O) groups is 2. The summed E-state index contributed by atoms with van der Waals surface area (Å²) in [7, 11) is 0. The van der Waals surface area contributed by atoms with Gasteiger partial charge in [0.25, 0.3) is 0 Å². The lowest BCUT2D eigenvalue weighted by Crippen LogP contribution is -2.11.